The first kappa shape index (κ1) is 15.4. The largest absolute Gasteiger partial charge is 0.396 e. The van der Waals surface area contributed by atoms with E-state index in [1.165, 1.54) is 0 Å². The Morgan fingerprint density at radius 3 is 2.78 bits per heavy atom. The molecule has 8 heteroatoms. The van der Waals surface area contributed by atoms with Crippen molar-refractivity contribution in [3.8, 4) is 0 Å². The Balaban J connectivity index is 1.55. The molecular weight excluding hydrogens is 296 g/mol. The van der Waals surface area contributed by atoms with Crippen LogP contribution in [0.25, 0.3) is 0 Å². The number of carbonyl (C=O) groups excluding carboxylic acids is 1. The first-order chi connectivity index (χ1) is 11.3. The lowest BCUT2D eigenvalue weighted by molar-refractivity contribution is -0.122. The lowest BCUT2D eigenvalue weighted by atomic mass is 10.1. The molecule has 1 aliphatic heterocycles. The van der Waals surface area contributed by atoms with Gasteiger partial charge in [-0.25, -0.2) is 9.97 Å². The van der Waals surface area contributed by atoms with E-state index in [0.717, 1.165) is 0 Å². The summed E-state index contributed by atoms with van der Waals surface area (Å²) in [7, 11) is 0. The molecule has 8 nitrogen and oxygen atoms in total. The predicted octanol–water partition coefficient (Wildman–Crippen LogP) is -0.323. The van der Waals surface area contributed by atoms with E-state index >= 15 is 0 Å². The molecular formula is C15H20N6O2. The summed E-state index contributed by atoms with van der Waals surface area (Å²) in [5, 5.41) is 16.6. The van der Waals surface area contributed by atoms with Crippen LogP contribution in [0.4, 0.5) is 5.95 Å². The van der Waals surface area contributed by atoms with Crippen molar-refractivity contribution in [3.63, 3.8) is 0 Å². The molecule has 1 saturated heterocycles. The van der Waals surface area contributed by atoms with Gasteiger partial charge in [0.2, 0.25) is 11.9 Å². The van der Waals surface area contributed by atoms with Crippen LogP contribution in [0.2, 0.25) is 0 Å². The van der Waals surface area contributed by atoms with Gasteiger partial charge in [0, 0.05) is 63.4 Å². The second-order valence-corrected chi connectivity index (χ2v) is 5.59. The Bertz CT molecular complexity index is 618. The van der Waals surface area contributed by atoms with E-state index < -0.39 is 0 Å². The number of aliphatic hydroxyl groups excluding tert-OH is 1. The van der Waals surface area contributed by atoms with Crippen LogP contribution in [0.3, 0.4) is 0 Å². The maximum absolute atomic E-state index is 12.1. The Kier molecular flexibility index (Phi) is 4.82. The van der Waals surface area contributed by atoms with Crippen LogP contribution in [-0.2, 0) is 11.3 Å². The van der Waals surface area contributed by atoms with Gasteiger partial charge in [-0.05, 0) is 12.1 Å². The third-order valence-electron chi connectivity index (χ3n) is 3.98. The molecule has 0 bridgehead atoms. The Hall–Kier alpha value is -2.48. The second-order valence-electron chi connectivity index (χ2n) is 5.59. The van der Waals surface area contributed by atoms with Crippen LogP contribution in [0.1, 0.15) is 6.42 Å². The summed E-state index contributed by atoms with van der Waals surface area (Å²) < 4.78 is 1.72. The van der Waals surface area contributed by atoms with Gasteiger partial charge in [-0.2, -0.15) is 5.10 Å². The topological polar surface area (TPSA) is 96.2 Å². The summed E-state index contributed by atoms with van der Waals surface area (Å²) in [5.74, 6) is 0.562. The molecule has 0 aliphatic carbocycles. The second kappa shape index (κ2) is 7.19. The van der Waals surface area contributed by atoms with Crippen molar-refractivity contribution in [2.45, 2.75) is 19.0 Å². The average molecular weight is 316 g/mol. The fraction of sp³-hybridized carbons (Fsp3) is 0.467. The van der Waals surface area contributed by atoms with E-state index in [0.29, 0.717) is 32.0 Å². The van der Waals surface area contributed by atoms with Gasteiger partial charge in [0.1, 0.15) is 0 Å². The monoisotopic (exact) mass is 316 g/mol. The Labute approximate surface area is 134 Å². The van der Waals surface area contributed by atoms with E-state index in [1.807, 2.05) is 17.2 Å². The predicted molar refractivity (Wildman–Crippen MR) is 83.6 cm³/mol. The zero-order chi connectivity index (χ0) is 16.1. The molecule has 0 saturated carbocycles. The summed E-state index contributed by atoms with van der Waals surface area (Å²) >= 11 is 0. The highest BCUT2D eigenvalue weighted by Gasteiger charge is 2.34. The maximum atomic E-state index is 12.1. The molecule has 0 radical (unpaired) electrons. The van der Waals surface area contributed by atoms with Crippen LogP contribution in [0, 0.1) is 5.92 Å². The summed E-state index contributed by atoms with van der Waals surface area (Å²) in [4.78, 5) is 22.5. The molecule has 1 aliphatic rings. The minimum Gasteiger partial charge on any atom is -0.396 e. The van der Waals surface area contributed by atoms with E-state index in [2.05, 4.69) is 20.4 Å². The number of aryl methyl sites for hydroxylation is 1. The standard InChI is InChI=1S/C15H20N6O2/c22-11-12-9-20(15-16-4-1-5-17-15)10-13(12)19-14(23)3-8-21-7-2-6-18-21/h1-2,4-7,12-13,22H,3,8-11H2,(H,19,23)/t12-,13+/m0/s1. The van der Waals surface area contributed by atoms with E-state index in [1.54, 1.807) is 29.3 Å². The van der Waals surface area contributed by atoms with Crippen molar-refractivity contribution >= 4 is 11.9 Å². The molecule has 2 aromatic rings. The minimum atomic E-state index is -0.103. The van der Waals surface area contributed by atoms with E-state index in [-0.39, 0.29) is 24.5 Å². The summed E-state index contributed by atoms with van der Waals surface area (Å²) in [6.45, 7) is 1.79. The van der Waals surface area contributed by atoms with Gasteiger partial charge in [0.25, 0.3) is 0 Å². The van der Waals surface area contributed by atoms with Gasteiger partial charge >= 0.3 is 0 Å². The van der Waals surface area contributed by atoms with E-state index in [9.17, 15) is 9.90 Å². The number of anilines is 1. The lowest BCUT2D eigenvalue weighted by Crippen LogP contribution is -2.41. The number of carbonyl (C=O) groups is 1. The molecule has 0 spiro atoms. The number of hydrogen-bond acceptors (Lipinski definition) is 6. The quantitative estimate of drug-likeness (QED) is 0.758. The lowest BCUT2D eigenvalue weighted by Gasteiger charge is -2.17. The zero-order valence-electron chi connectivity index (χ0n) is 12.7. The SMILES string of the molecule is O=C(CCn1cccn1)N[C@@H]1CN(c2ncccn2)C[C@H]1CO. The molecule has 2 aromatic heterocycles. The van der Waals surface area contributed by atoms with Gasteiger partial charge in [0.15, 0.2) is 0 Å². The number of rotatable bonds is 6. The molecule has 0 aromatic carbocycles. The van der Waals surface area contributed by atoms with Gasteiger partial charge in [0.05, 0.1) is 6.04 Å². The van der Waals surface area contributed by atoms with Crippen LogP contribution in [0.5, 0.6) is 0 Å². The molecule has 2 atom stereocenters. The van der Waals surface area contributed by atoms with E-state index in [4.69, 9.17) is 0 Å². The highest BCUT2D eigenvalue weighted by molar-refractivity contribution is 5.76. The number of aliphatic hydroxyl groups is 1. The summed E-state index contributed by atoms with van der Waals surface area (Å²) in [5.41, 5.74) is 0. The normalized spacial score (nSPS) is 20.7. The van der Waals surface area contributed by atoms with Crippen molar-refractivity contribution in [1.29, 1.82) is 0 Å². The molecule has 3 heterocycles. The van der Waals surface area contributed by atoms with Gasteiger partial charge < -0.3 is 15.3 Å². The number of aromatic nitrogens is 4. The smallest absolute Gasteiger partial charge is 0.225 e. The maximum Gasteiger partial charge on any atom is 0.225 e. The molecule has 1 fully saturated rings. The molecule has 122 valence electrons. The van der Waals surface area contributed by atoms with Crippen molar-refractivity contribution in [1.82, 2.24) is 25.1 Å². The van der Waals surface area contributed by atoms with Crippen LogP contribution >= 0.6 is 0 Å². The molecule has 1 amide bonds. The first-order valence-electron chi connectivity index (χ1n) is 7.66. The molecule has 23 heavy (non-hydrogen) atoms. The van der Waals surface area contributed by atoms with Crippen LogP contribution in [0.15, 0.2) is 36.9 Å². The number of nitrogens with zero attached hydrogens (tertiary/aromatic N) is 5. The van der Waals surface area contributed by atoms with Crippen molar-refractivity contribution in [2.75, 3.05) is 24.6 Å². The average Bonchev–Trinajstić information content (AvgIpc) is 3.23. The van der Waals surface area contributed by atoms with Crippen LogP contribution < -0.4 is 10.2 Å². The van der Waals surface area contributed by atoms with Crippen LogP contribution in [-0.4, -0.2) is 56.5 Å². The Morgan fingerprint density at radius 1 is 1.26 bits per heavy atom. The summed E-state index contributed by atoms with van der Waals surface area (Å²) in [6, 6.07) is 3.49. The first-order valence-corrected chi connectivity index (χ1v) is 7.66. The fourth-order valence-corrected chi connectivity index (χ4v) is 2.77. The molecule has 2 N–H and O–H groups in total. The third kappa shape index (κ3) is 3.84. The number of hydrogen-bond donors (Lipinski definition) is 2. The molecule has 3 rings (SSSR count). The highest BCUT2D eigenvalue weighted by atomic mass is 16.3. The number of nitrogens with one attached hydrogen (secondary N) is 1. The van der Waals surface area contributed by atoms with Gasteiger partial charge in [-0.15, -0.1) is 0 Å². The third-order valence-corrected chi connectivity index (χ3v) is 3.98. The van der Waals surface area contributed by atoms with Crippen molar-refractivity contribution in [3.05, 3.63) is 36.9 Å². The zero-order valence-corrected chi connectivity index (χ0v) is 12.7. The Morgan fingerprint density at radius 2 is 2.09 bits per heavy atom. The van der Waals surface area contributed by atoms with Gasteiger partial charge in [-0.3, -0.25) is 9.48 Å². The molecule has 0 unspecified atom stereocenters. The number of amides is 1. The van der Waals surface area contributed by atoms with Gasteiger partial charge in [-0.1, -0.05) is 0 Å². The highest BCUT2D eigenvalue weighted by Crippen LogP contribution is 2.20. The van der Waals surface area contributed by atoms with Crippen molar-refractivity contribution in [2.24, 2.45) is 5.92 Å². The fourth-order valence-electron chi connectivity index (χ4n) is 2.77. The minimum absolute atomic E-state index is 0.0209. The van der Waals surface area contributed by atoms with Crippen molar-refractivity contribution < 1.29 is 9.90 Å². The summed E-state index contributed by atoms with van der Waals surface area (Å²) in [6.07, 6.45) is 7.25.